The van der Waals surface area contributed by atoms with E-state index in [9.17, 15) is 0 Å². The van der Waals surface area contributed by atoms with Crippen LogP contribution < -0.4 is 4.90 Å². The Hall–Kier alpha value is -2.50. The number of nitrogens with zero attached hydrogens (tertiary/aromatic N) is 3. The minimum atomic E-state index is -0.208. The van der Waals surface area contributed by atoms with Gasteiger partial charge in [-0.05, 0) is 6.07 Å². The van der Waals surface area contributed by atoms with Gasteiger partial charge in [0, 0.05) is 30.5 Å². The van der Waals surface area contributed by atoms with Gasteiger partial charge in [0.25, 0.3) is 0 Å². The molecule has 0 N–H and O–H groups in total. The quantitative estimate of drug-likeness (QED) is 0.712. The molecule has 0 bridgehead atoms. The first kappa shape index (κ1) is 15.7. The fourth-order valence-electron chi connectivity index (χ4n) is 3.86. The Morgan fingerprint density at radius 1 is 0.923 bits per heavy atom. The molecule has 5 nitrogen and oxygen atoms in total. The Balaban J connectivity index is 1.60. The van der Waals surface area contributed by atoms with Crippen LogP contribution in [0.25, 0.3) is 22.2 Å². The molecule has 0 amide bonds. The molecule has 26 heavy (non-hydrogen) atoms. The lowest BCUT2D eigenvalue weighted by molar-refractivity contribution is -0.0583. The van der Waals surface area contributed by atoms with E-state index in [4.69, 9.17) is 19.4 Å². The summed E-state index contributed by atoms with van der Waals surface area (Å²) < 4.78 is 11.7. The smallest absolute Gasteiger partial charge is 0.226 e. The summed E-state index contributed by atoms with van der Waals surface area (Å²) in [6.45, 7) is 3.68. The van der Waals surface area contributed by atoms with E-state index < -0.39 is 0 Å². The van der Waals surface area contributed by atoms with E-state index in [2.05, 4.69) is 29.2 Å². The van der Waals surface area contributed by atoms with Crippen LogP contribution >= 0.6 is 0 Å². The van der Waals surface area contributed by atoms with E-state index in [1.54, 1.807) is 0 Å². The highest BCUT2D eigenvalue weighted by molar-refractivity contribution is 5.93. The van der Waals surface area contributed by atoms with Crippen LogP contribution in [0.1, 0.15) is 6.42 Å². The minimum absolute atomic E-state index is 0.208. The first-order chi connectivity index (χ1) is 12.8. The van der Waals surface area contributed by atoms with Gasteiger partial charge in [-0.1, -0.05) is 48.5 Å². The maximum Gasteiger partial charge on any atom is 0.226 e. The first-order valence-corrected chi connectivity index (χ1v) is 9.12. The average Bonchev–Trinajstić information content (AvgIpc) is 3.15. The molecule has 2 aliphatic heterocycles. The molecule has 2 saturated heterocycles. The third-order valence-corrected chi connectivity index (χ3v) is 5.24. The lowest BCUT2D eigenvalue weighted by Crippen LogP contribution is -2.53. The maximum absolute atomic E-state index is 6.06. The zero-order chi connectivity index (χ0) is 17.4. The van der Waals surface area contributed by atoms with Crippen molar-refractivity contribution in [1.29, 1.82) is 0 Å². The molecule has 3 heterocycles. The molecule has 5 heteroatoms. The normalized spacial score (nSPS) is 23.0. The van der Waals surface area contributed by atoms with E-state index in [-0.39, 0.29) is 5.60 Å². The number of hydrogen-bond acceptors (Lipinski definition) is 5. The van der Waals surface area contributed by atoms with Gasteiger partial charge in [0.15, 0.2) is 0 Å². The number of rotatable bonds is 2. The average molecular weight is 347 g/mol. The molecule has 1 unspecified atom stereocenters. The molecule has 2 aliphatic rings. The van der Waals surface area contributed by atoms with Crippen molar-refractivity contribution in [1.82, 2.24) is 9.97 Å². The fourth-order valence-corrected chi connectivity index (χ4v) is 3.86. The summed E-state index contributed by atoms with van der Waals surface area (Å²) in [5.74, 6) is 0.775. The predicted octanol–water partition coefficient (Wildman–Crippen LogP) is 3.29. The predicted molar refractivity (Wildman–Crippen MR) is 101 cm³/mol. The van der Waals surface area contributed by atoms with Gasteiger partial charge in [-0.15, -0.1) is 0 Å². The van der Waals surface area contributed by atoms with E-state index in [0.29, 0.717) is 13.2 Å². The monoisotopic (exact) mass is 347 g/mol. The minimum Gasteiger partial charge on any atom is -0.378 e. The Morgan fingerprint density at radius 2 is 1.77 bits per heavy atom. The molecule has 0 aliphatic carbocycles. The molecule has 0 saturated carbocycles. The molecule has 1 aromatic heterocycles. The Kier molecular flexibility index (Phi) is 3.84. The number of benzene rings is 2. The third-order valence-electron chi connectivity index (χ3n) is 5.24. The molecule has 5 rings (SSSR count). The van der Waals surface area contributed by atoms with Crippen molar-refractivity contribution in [2.75, 3.05) is 37.8 Å². The second kappa shape index (κ2) is 6.34. The van der Waals surface area contributed by atoms with Crippen LogP contribution in [-0.4, -0.2) is 48.5 Å². The summed E-state index contributed by atoms with van der Waals surface area (Å²) in [6, 6.07) is 18.5. The summed E-state index contributed by atoms with van der Waals surface area (Å²) in [7, 11) is 0. The van der Waals surface area contributed by atoms with Gasteiger partial charge in [-0.2, -0.15) is 0 Å². The van der Waals surface area contributed by atoms with Crippen molar-refractivity contribution in [2.45, 2.75) is 12.0 Å². The van der Waals surface area contributed by atoms with Crippen LogP contribution in [0.5, 0.6) is 0 Å². The van der Waals surface area contributed by atoms with E-state index in [1.807, 2.05) is 30.3 Å². The fraction of sp³-hybridized carbons (Fsp3) is 0.333. The highest BCUT2D eigenvalue weighted by Crippen LogP contribution is 2.32. The summed E-state index contributed by atoms with van der Waals surface area (Å²) in [5, 5.41) is 1.08. The summed E-state index contributed by atoms with van der Waals surface area (Å²) in [6.07, 6.45) is 0.933. The molecular weight excluding hydrogens is 326 g/mol. The second-order valence-corrected chi connectivity index (χ2v) is 7.01. The molecule has 132 valence electrons. The van der Waals surface area contributed by atoms with Crippen molar-refractivity contribution in [2.24, 2.45) is 0 Å². The highest BCUT2D eigenvalue weighted by Gasteiger charge is 2.41. The third kappa shape index (κ3) is 2.73. The van der Waals surface area contributed by atoms with Crippen molar-refractivity contribution in [3.05, 3.63) is 54.6 Å². The number of fused-ring (bicyclic) bond motifs is 1. The Bertz CT molecular complexity index is 923. The standard InChI is InChI=1S/C21H21N3O2/c1-2-6-16(7-3-1)19-17-8-4-5-9-18(17)22-20(23-19)24-11-13-26-21(14-24)10-12-25-15-21/h1-9H,10-15H2. The Morgan fingerprint density at radius 3 is 2.62 bits per heavy atom. The molecule has 1 atom stereocenters. The lowest BCUT2D eigenvalue weighted by Gasteiger charge is -2.39. The number of aromatic nitrogens is 2. The molecule has 0 radical (unpaired) electrons. The highest BCUT2D eigenvalue weighted by atomic mass is 16.6. The van der Waals surface area contributed by atoms with Gasteiger partial charge in [-0.25, -0.2) is 9.97 Å². The summed E-state index contributed by atoms with van der Waals surface area (Å²) in [5.41, 5.74) is 2.86. The molecule has 1 spiro atoms. The molecule has 2 fully saturated rings. The van der Waals surface area contributed by atoms with E-state index in [0.717, 1.165) is 54.2 Å². The van der Waals surface area contributed by atoms with Crippen molar-refractivity contribution < 1.29 is 9.47 Å². The topological polar surface area (TPSA) is 47.5 Å². The van der Waals surface area contributed by atoms with E-state index >= 15 is 0 Å². The molecule has 2 aromatic carbocycles. The maximum atomic E-state index is 6.06. The van der Waals surface area contributed by atoms with Crippen molar-refractivity contribution >= 4 is 16.9 Å². The Labute approximate surface area is 152 Å². The SMILES string of the molecule is c1ccc(-c2nc(N3CCOC4(CCOC4)C3)nc3ccccc23)cc1. The lowest BCUT2D eigenvalue weighted by atomic mass is 10.0. The largest absolute Gasteiger partial charge is 0.378 e. The van der Waals surface area contributed by atoms with E-state index in [1.165, 1.54) is 0 Å². The molecule has 3 aromatic rings. The molecular formula is C21H21N3O2. The van der Waals surface area contributed by atoms with Crippen LogP contribution in [0, 0.1) is 0 Å². The van der Waals surface area contributed by atoms with Crippen molar-refractivity contribution in [3.8, 4) is 11.3 Å². The van der Waals surface area contributed by atoms with Gasteiger partial charge in [0.2, 0.25) is 5.95 Å². The van der Waals surface area contributed by atoms with Gasteiger partial charge in [-0.3, -0.25) is 0 Å². The van der Waals surface area contributed by atoms with Crippen molar-refractivity contribution in [3.63, 3.8) is 0 Å². The zero-order valence-corrected chi connectivity index (χ0v) is 14.6. The number of para-hydroxylation sites is 1. The number of hydrogen-bond donors (Lipinski definition) is 0. The number of ether oxygens (including phenoxy) is 2. The van der Waals surface area contributed by atoms with Crippen LogP contribution in [0.3, 0.4) is 0 Å². The van der Waals surface area contributed by atoms with Gasteiger partial charge >= 0.3 is 0 Å². The van der Waals surface area contributed by atoms with Gasteiger partial charge in [0.05, 0.1) is 31.0 Å². The van der Waals surface area contributed by atoms with Crippen LogP contribution in [0.4, 0.5) is 5.95 Å². The second-order valence-electron chi connectivity index (χ2n) is 7.01. The van der Waals surface area contributed by atoms with Gasteiger partial charge < -0.3 is 14.4 Å². The summed E-state index contributed by atoms with van der Waals surface area (Å²) >= 11 is 0. The summed E-state index contributed by atoms with van der Waals surface area (Å²) in [4.78, 5) is 12.1. The first-order valence-electron chi connectivity index (χ1n) is 9.12. The number of anilines is 1. The zero-order valence-electron chi connectivity index (χ0n) is 14.6. The van der Waals surface area contributed by atoms with Crippen LogP contribution in [0.15, 0.2) is 54.6 Å². The van der Waals surface area contributed by atoms with Crippen LogP contribution in [-0.2, 0) is 9.47 Å². The van der Waals surface area contributed by atoms with Crippen LogP contribution in [0.2, 0.25) is 0 Å². The number of morpholine rings is 1. The van der Waals surface area contributed by atoms with Gasteiger partial charge in [0.1, 0.15) is 5.60 Å².